The van der Waals surface area contributed by atoms with E-state index in [-0.39, 0.29) is 30.7 Å². The van der Waals surface area contributed by atoms with Crippen molar-refractivity contribution in [3.05, 3.63) is 11.8 Å². The maximum absolute atomic E-state index is 11.1. The first-order chi connectivity index (χ1) is 7.59. The van der Waals surface area contributed by atoms with Gasteiger partial charge in [-0.2, -0.15) is 0 Å². The van der Waals surface area contributed by atoms with Gasteiger partial charge in [0, 0.05) is 13.3 Å². The van der Waals surface area contributed by atoms with Crippen LogP contribution in [0, 0.1) is 17.8 Å². The van der Waals surface area contributed by atoms with Crippen molar-refractivity contribution >= 4 is 11.8 Å². The van der Waals surface area contributed by atoms with Crippen LogP contribution in [0.2, 0.25) is 0 Å². The van der Waals surface area contributed by atoms with E-state index in [1.54, 1.807) is 0 Å². The van der Waals surface area contributed by atoms with E-state index in [1.165, 1.54) is 20.1 Å². The van der Waals surface area contributed by atoms with E-state index in [4.69, 9.17) is 9.47 Å². The van der Waals surface area contributed by atoms with Crippen LogP contribution < -0.4 is 0 Å². The van der Waals surface area contributed by atoms with E-state index in [0.717, 1.165) is 5.57 Å². The summed E-state index contributed by atoms with van der Waals surface area (Å²) in [5.41, 5.74) is 0.763. The van der Waals surface area contributed by atoms with Gasteiger partial charge in [0.2, 0.25) is 0 Å². The van der Waals surface area contributed by atoms with E-state index < -0.39 is 0 Å². The predicted molar refractivity (Wildman–Crippen MR) is 57.2 cm³/mol. The highest BCUT2D eigenvalue weighted by Crippen LogP contribution is 2.17. The molecule has 86 valence electrons. The van der Waals surface area contributed by atoms with Gasteiger partial charge in [-0.3, -0.25) is 9.59 Å². The van der Waals surface area contributed by atoms with Crippen molar-refractivity contribution < 1.29 is 19.1 Å². The molecule has 0 saturated heterocycles. The quantitative estimate of drug-likeness (QED) is 0.527. The van der Waals surface area contributed by atoms with Crippen molar-refractivity contribution in [2.24, 2.45) is 5.92 Å². The first kappa shape index (κ1) is 12.3. The van der Waals surface area contributed by atoms with Gasteiger partial charge in [-0.15, -0.1) is 0 Å². The van der Waals surface area contributed by atoms with Crippen LogP contribution in [0.25, 0.3) is 0 Å². The maximum atomic E-state index is 11.1. The zero-order chi connectivity index (χ0) is 12.0. The van der Waals surface area contributed by atoms with Crippen LogP contribution in [0.1, 0.15) is 20.3 Å². The second-order valence-electron chi connectivity index (χ2n) is 3.56. The Labute approximate surface area is 94.6 Å². The molecule has 0 amide bonds. The number of hydrogen-bond donors (Lipinski definition) is 0. The van der Waals surface area contributed by atoms with Crippen LogP contribution in [0.15, 0.2) is 11.8 Å². The van der Waals surface area contributed by atoms with Gasteiger partial charge in [0.1, 0.15) is 19.0 Å². The molecule has 1 heterocycles. The average Bonchev–Trinajstić information content (AvgIpc) is 2.39. The molecule has 0 aromatic rings. The van der Waals surface area contributed by atoms with E-state index in [9.17, 15) is 9.59 Å². The zero-order valence-corrected chi connectivity index (χ0v) is 9.41. The minimum atomic E-state index is -0.353. The van der Waals surface area contributed by atoms with Crippen LogP contribution in [-0.4, -0.2) is 25.0 Å². The lowest BCUT2D eigenvalue weighted by molar-refractivity contribution is -0.141. The molecule has 0 saturated carbocycles. The molecular formula is C12H14O4. The molecule has 0 N–H and O–H groups in total. The largest absolute Gasteiger partial charge is 0.489 e. The van der Waals surface area contributed by atoms with Crippen LogP contribution in [-0.2, 0) is 19.1 Å². The molecule has 4 heteroatoms. The Kier molecular flexibility index (Phi) is 4.59. The second kappa shape index (κ2) is 5.96. The van der Waals surface area contributed by atoms with Gasteiger partial charge in [-0.1, -0.05) is 11.8 Å². The Balaban J connectivity index is 2.69. The molecule has 0 aromatic carbocycles. The molecule has 1 aliphatic rings. The van der Waals surface area contributed by atoms with E-state index in [1.807, 2.05) is 0 Å². The summed E-state index contributed by atoms with van der Waals surface area (Å²) in [5, 5.41) is 0. The third-order valence-corrected chi connectivity index (χ3v) is 2.02. The van der Waals surface area contributed by atoms with Gasteiger partial charge in [0.15, 0.2) is 0 Å². The molecule has 0 spiro atoms. The molecule has 0 radical (unpaired) electrons. The molecule has 1 aliphatic heterocycles. The monoisotopic (exact) mass is 222 g/mol. The second-order valence-corrected chi connectivity index (χ2v) is 3.56. The zero-order valence-electron chi connectivity index (χ0n) is 9.41. The van der Waals surface area contributed by atoms with Crippen LogP contribution in [0.4, 0.5) is 0 Å². The van der Waals surface area contributed by atoms with Crippen molar-refractivity contribution in [2.75, 3.05) is 13.2 Å². The number of rotatable bonds is 4. The number of ketones is 1. The van der Waals surface area contributed by atoms with Crippen LogP contribution in [0.3, 0.4) is 0 Å². The number of ether oxygens (including phenoxy) is 2. The third-order valence-electron chi connectivity index (χ3n) is 2.02. The Morgan fingerprint density at radius 3 is 2.94 bits per heavy atom. The normalized spacial score (nSPS) is 18.4. The molecule has 0 aliphatic carbocycles. The van der Waals surface area contributed by atoms with E-state index >= 15 is 0 Å². The topological polar surface area (TPSA) is 52.6 Å². The summed E-state index contributed by atoms with van der Waals surface area (Å²) in [4.78, 5) is 21.8. The first-order valence-electron chi connectivity index (χ1n) is 5.01. The summed E-state index contributed by atoms with van der Waals surface area (Å²) in [6, 6.07) is 0. The lowest BCUT2D eigenvalue weighted by Gasteiger charge is -2.12. The molecule has 0 bridgehead atoms. The predicted octanol–water partition coefficient (Wildman–Crippen LogP) is 1.06. The molecule has 0 fully saturated rings. The maximum Gasteiger partial charge on any atom is 0.302 e. The van der Waals surface area contributed by atoms with Gasteiger partial charge in [0.25, 0.3) is 0 Å². The average molecular weight is 222 g/mol. The molecule has 1 atom stereocenters. The van der Waals surface area contributed by atoms with E-state index in [0.29, 0.717) is 6.61 Å². The number of Topliss-reactive ketones (excluding diaryl/α,β-unsaturated/α-hetero) is 1. The van der Waals surface area contributed by atoms with Crippen LogP contribution in [0.5, 0.6) is 0 Å². The Bertz CT molecular complexity index is 370. The van der Waals surface area contributed by atoms with Gasteiger partial charge >= 0.3 is 5.97 Å². The van der Waals surface area contributed by atoms with Crippen molar-refractivity contribution in [1.29, 1.82) is 0 Å². The summed E-state index contributed by atoms with van der Waals surface area (Å²) in [6.45, 7) is 3.32. The lowest BCUT2D eigenvalue weighted by atomic mass is 9.97. The fourth-order valence-electron chi connectivity index (χ4n) is 1.33. The highest BCUT2D eigenvalue weighted by molar-refractivity contribution is 5.78. The fourth-order valence-corrected chi connectivity index (χ4v) is 1.33. The Morgan fingerprint density at radius 2 is 2.31 bits per heavy atom. The smallest absolute Gasteiger partial charge is 0.302 e. The highest BCUT2D eigenvalue weighted by atomic mass is 16.5. The van der Waals surface area contributed by atoms with Crippen LogP contribution >= 0.6 is 0 Å². The molecule has 1 unspecified atom stereocenters. The molecular weight excluding hydrogens is 208 g/mol. The molecule has 4 nitrogen and oxygen atoms in total. The number of carbonyl (C=O) groups excluding carboxylic acids is 2. The fraction of sp³-hybridized carbons (Fsp3) is 0.500. The first-order valence-corrected chi connectivity index (χ1v) is 5.01. The summed E-state index contributed by atoms with van der Waals surface area (Å²) in [6.07, 6.45) is 1.81. The molecule has 1 rings (SSSR count). The van der Waals surface area contributed by atoms with Gasteiger partial charge < -0.3 is 9.47 Å². The Morgan fingerprint density at radius 1 is 1.56 bits per heavy atom. The summed E-state index contributed by atoms with van der Waals surface area (Å²) < 4.78 is 10.0. The summed E-state index contributed by atoms with van der Waals surface area (Å²) >= 11 is 0. The summed E-state index contributed by atoms with van der Waals surface area (Å²) in [7, 11) is 0. The lowest BCUT2D eigenvalue weighted by Crippen LogP contribution is -2.14. The minimum Gasteiger partial charge on any atom is -0.489 e. The number of hydrogen-bond acceptors (Lipinski definition) is 4. The molecule has 16 heavy (non-hydrogen) atoms. The third kappa shape index (κ3) is 4.18. The Hall–Kier alpha value is -1.76. The highest BCUT2D eigenvalue weighted by Gasteiger charge is 2.17. The minimum absolute atomic E-state index is 0.0337. The van der Waals surface area contributed by atoms with Crippen molar-refractivity contribution in [2.45, 2.75) is 20.3 Å². The van der Waals surface area contributed by atoms with Crippen molar-refractivity contribution in [3.8, 4) is 11.8 Å². The van der Waals surface area contributed by atoms with Gasteiger partial charge in [-0.25, -0.2) is 0 Å². The van der Waals surface area contributed by atoms with Crippen molar-refractivity contribution in [3.63, 3.8) is 0 Å². The van der Waals surface area contributed by atoms with Crippen molar-refractivity contribution in [1.82, 2.24) is 0 Å². The van der Waals surface area contributed by atoms with E-state index in [2.05, 4.69) is 11.8 Å². The number of carbonyl (C=O) groups is 2. The summed E-state index contributed by atoms with van der Waals surface area (Å²) in [5.74, 6) is 5.16. The molecule has 0 aromatic heterocycles. The van der Waals surface area contributed by atoms with Gasteiger partial charge in [-0.05, 0) is 12.5 Å². The number of esters is 1. The van der Waals surface area contributed by atoms with Gasteiger partial charge in [0.05, 0.1) is 12.2 Å². The SMILES string of the molecule is CC(=O)CC1=COCC#CC1COC(C)=O. The standard InChI is InChI=1S/C12H14O4/c1-9(13)6-12-7-15-5-3-4-11(12)8-16-10(2)14/h7,11H,5-6,8H2,1-2H3.